The summed E-state index contributed by atoms with van der Waals surface area (Å²) in [5, 5.41) is 9.11. The molecule has 2 rings (SSSR count). The number of aromatic hydroxyl groups is 1. The van der Waals surface area contributed by atoms with Crippen LogP contribution in [0.2, 0.25) is 0 Å². The van der Waals surface area contributed by atoms with Crippen LogP contribution in [0.4, 0.5) is 0 Å². The van der Waals surface area contributed by atoms with E-state index in [9.17, 15) is 0 Å². The maximum atomic E-state index is 9.11. The number of aryl methyl sites for hydroxylation is 1. The highest BCUT2D eigenvalue weighted by Gasteiger charge is 2.16. The average Bonchev–Trinajstić information content (AvgIpc) is 2.47. The fourth-order valence-corrected chi connectivity index (χ4v) is 1.27. The van der Waals surface area contributed by atoms with Crippen molar-refractivity contribution in [3.8, 4) is 11.6 Å². The molecule has 1 N–H and O–H groups in total. The fourth-order valence-electron chi connectivity index (χ4n) is 1.27. The highest BCUT2D eigenvalue weighted by atomic mass is 16.5. The second-order valence-electron chi connectivity index (χ2n) is 2.79. The third-order valence-electron chi connectivity index (χ3n) is 1.87. The molecule has 13 heavy (non-hydrogen) atoms. The summed E-state index contributed by atoms with van der Waals surface area (Å²) in [6, 6.07) is 9.71. The first kappa shape index (κ1) is 7.86. The smallest absolute Gasteiger partial charge is 0.354 e. The van der Waals surface area contributed by atoms with E-state index >= 15 is 0 Å². The summed E-state index contributed by atoms with van der Waals surface area (Å²) >= 11 is 0. The maximum Gasteiger partial charge on any atom is 0.354 e. The van der Waals surface area contributed by atoms with Gasteiger partial charge in [-0.3, -0.25) is 0 Å². The van der Waals surface area contributed by atoms with Gasteiger partial charge < -0.3 is 9.52 Å². The second kappa shape index (κ2) is 2.94. The molecular weight excluding hydrogens is 166 g/mol. The molecule has 1 aromatic carbocycles. The van der Waals surface area contributed by atoms with E-state index in [1.165, 1.54) is 0 Å². The molecule has 0 radical (unpaired) electrons. The van der Waals surface area contributed by atoms with E-state index in [0.717, 1.165) is 5.69 Å². The molecule has 0 atom stereocenters. The number of benzene rings is 1. The molecule has 3 nitrogen and oxygen atoms in total. The molecule has 0 spiro atoms. The van der Waals surface area contributed by atoms with Crippen molar-refractivity contribution in [2.24, 2.45) is 0 Å². The van der Waals surface area contributed by atoms with Crippen LogP contribution in [0.1, 0.15) is 5.89 Å². The maximum absolute atomic E-state index is 9.11. The van der Waals surface area contributed by atoms with Crippen LogP contribution in [0, 0.1) is 6.92 Å². The third-order valence-corrected chi connectivity index (χ3v) is 1.87. The van der Waals surface area contributed by atoms with Crippen LogP contribution in [-0.4, -0.2) is 5.11 Å². The highest BCUT2D eigenvalue weighted by molar-refractivity contribution is 5.21. The van der Waals surface area contributed by atoms with Crippen LogP contribution in [-0.2, 0) is 0 Å². The van der Waals surface area contributed by atoms with Gasteiger partial charge in [-0.2, -0.15) is 0 Å². The van der Waals surface area contributed by atoms with Crippen molar-refractivity contribution in [2.45, 2.75) is 6.92 Å². The van der Waals surface area contributed by atoms with E-state index in [2.05, 4.69) is 0 Å². The summed E-state index contributed by atoms with van der Waals surface area (Å²) in [5.41, 5.74) is 0.976. The van der Waals surface area contributed by atoms with E-state index in [1.54, 1.807) is 17.7 Å². The number of oxazole rings is 1. The SMILES string of the molecule is Cc1oc(O)c[n+]1-c1ccccc1. The molecule has 0 aliphatic heterocycles. The van der Waals surface area contributed by atoms with Gasteiger partial charge >= 0.3 is 11.8 Å². The van der Waals surface area contributed by atoms with Gasteiger partial charge in [0.1, 0.15) is 0 Å². The largest absolute Gasteiger partial charge is 0.476 e. The Bertz CT molecular complexity index is 406. The zero-order valence-corrected chi connectivity index (χ0v) is 7.27. The predicted octanol–water partition coefficient (Wildman–Crippen LogP) is 1.57. The van der Waals surface area contributed by atoms with Crippen LogP contribution >= 0.6 is 0 Å². The van der Waals surface area contributed by atoms with Crippen molar-refractivity contribution in [1.82, 2.24) is 0 Å². The number of aromatic nitrogens is 1. The van der Waals surface area contributed by atoms with Gasteiger partial charge in [0.2, 0.25) is 5.69 Å². The zero-order valence-electron chi connectivity index (χ0n) is 7.27. The molecule has 66 valence electrons. The number of hydrogen-bond acceptors (Lipinski definition) is 2. The molecular formula is C10H10NO2+. The number of rotatable bonds is 1. The van der Waals surface area contributed by atoms with E-state index in [1.807, 2.05) is 30.3 Å². The number of nitrogens with zero attached hydrogens (tertiary/aromatic N) is 1. The molecule has 0 fully saturated rings. The normalized spacial score (nSPS) is 10.2. The monoisotopic (exact) mass is 176 g/mol. The Morgan fingerprint density at radius 1 is 1.23 bits per heavy atom. The van der Waals surface area contributed by atoms with Crippen LogP contribution in [0.3, 0.4) is 0 Å². The Kier molecular flexibility index (Phi) is 1.77. The van der Waals surface area contributed by atoms with Crippen LogP contribution in [0.15, 0.2) is 40.9 Å². The molecule has 0 aliphatic carbocycles. The highest BCUT2D eigenvalue weighted by Crippen LogP contribution is 2.10. The van der Waals surface area contributed by atoms with Crippen LogP contribution in [0.5, 0.6) is 5.95 Å². The number of hydrogen-bond donors (Lipinski definition) is 1. The van der Waals surface area contributed by atoms with E-state index in [-0.39, 0.29) is 5.95 Å². The molecule has 0 unspecified atom stereocenters. The van der Waals surface area contributed by atoms with Gasteiger partial charge in [-0.1, -0.05) is 18.2 Å². The Morgan fingerprint density at radius 3 is 2.46 bits per heavy atom. The lowest BCUT2D eigenvalue weighted by Gasteiger charge is -1.89. The van der Waals surface area contributed by atoms with Gasteiger partial charge in [-0.15, -0.1) is 4.57 Å². The van der Waals surface area contributed by atoms with Gasteiger partial charge in [0, 0.05) is 12.1 Å². The Hall–Kier alpha value is -1.77. The predicted molar refractivity (Wildman–Crippen MR) is 46.6 cm³/mol. The van der Waals surface area contributed by atoms with Crippen LogP contribution < -0.4 is 4.57 Å². The lowest BCUT2D eigenvalue weighted by Crippen LogP contribution is -2.30. The summed E-state index contributed by atoms with van der Waals surface area (Å²) in [6.07, 6.45) is 1.55. The quantitative estimate of drug-likeness (QED) is 0.669. The lowest BCUT2D eigenvalue weighted by atomic mass is 10.3. The molecule has 1 aromatic heterocycles. The Balaban J connectivity index is 2.53. The summed E-state index contributed by atoms with van der Waals surface area (Å²) in [6.45, 7) is 1.80. The van der Waals surface area contributed by atoms with Crippen molar-refractivity contribution in [3.63, 3.8) is 0 Å². The molecule has 0 saturated carbocycles. The second-order valence-corrected chi connectivity index (χ2v) is 2.79. The average molecular weight is 176 g/mol. The third kappa shape index (κ3) is 1.40. The first-order chi connectivity index (χ1) is 6.27. The van der Waals surface area contributed by atoms with Gasteiger partial charge in [0.05, 0.1) is 6.92 Å². The first-order valence-electron chi connectivity index (χ1n) is 4.04. The fraction of sp³-hybridized carbons (Fsp3) is 0.100. The molecule has 0 saturated heterocycles. The van der Waals surface area contributed by atoms with Crippen molar-refractivity contribution in [2.75, 3.05) is 0 Å². The minimum absolute atomic E-state index is 0.0682. The van der Waals surface area contributed by atoms with Crippen molar-refractivity contribution in [1.29, 1.82) is 0 Å². The van der Waals surface area contributed by atoms with Crippen LogP contribution in [0.25, 0.3) is 5.69 Å². The summed E-state index contributed by atoms with van der Waals surface area (Å²) in [4.78, 5) is 0. The van der Waals surface area contributed by atoms with Crippen molar-refractivity contribution < 1.29 is 14.1 Å². The molecule has 2 aromatic rings. The molecule has 3 heteroatoms. The molecule has 1 heterocycles. The molecule has 0 bridgehead atoms. The first-order valence-corrected chi connectivity index (χ1v) is 4.04. The topological polar surface area (TPSA) is 37.3 Å². The Morgan fingerprint density at radius 2 is 1.92 bits per heavy atom. The van der Waals surface area contributed by atoms with Gasteiger partial charge in [-0.25, -0.2) is 0 Å². The van der Waals surface area contributed by atoms with Gasteiger partial charge in [-0.05, 0) is 0 Å². The minimum Gasteiger partial charge on any atom is -0.476 e. The molecule has 0 aliphatic rings. The summed E-state index contributed by atoms with van der Waals surface area (Å²) in [7, 11) is 0. The van der Waals surface area contributed by atoms with Crippen molar-refractivity contribution >= 4 is 0 Å². The minimum atomic E-state index is -0.0682. The van der Waals surface area contributed by atoms with Gasteiger partial charge in [0.15, 0.2) is 0 Å². The van der Waals surface area contributed by atoms with E-state index in [0.29, 0.717) is 5.89 Å². The van der Waals surface area contributed by atoms with Gasteiger partial charge in [0.25, 0.3) is 6.20 Å². The summed E-state index contributed by atoms with van der Waals surface area (Å²) < 4.78 is 6.77. The Labute approximate surface area is 75.9 Å². The van der Waals surface area contributed by atoms with Crippen molar-refractivity contribution in [3.05, 3.63) is 42.4 Å². The van der Waals surface area contributed by atoms with E-state index < -0.39 is 0 Å². The molecule has 0 amide bonds. The number of para-hydroxylation sites is 1. The lowest BCUT2D eigenvalue weighted by molar-refractivity contribution is -0.606. The summed E-state index contributed by atoms with van der Waals surface area (Å²) in [5.74, 6) is 0.588. The standard InChI is InChI=1S/C10H9NO2/c1-8-11(7-10(12)13-8)9-5-3-2-4-6-9/h2-7H,1H3/p+1. The van der Waals surface area contributed by atoms with E-state index in [4.69, 9.17) is 9.52 Å². The zero-order chi connectivity index (χ0) is 9.26.